The normalized spacial score (nSPS) is 16.3. The number of halogens is 1. The highest BCUT2D eigenvalue weighted by atomic mass is 19.1. The summed E-state index contributed by atoms with van der Waals surface area (Å²) in [5.41, 5.74) is 1.33. The minimum absolute atomic E-state index is 0.0106. The Morgan fingerprint density at radius 1 is 1.12 bits per heavy atom. The molecule has 2 unspecified atom stereocenters. The molecule has 128 valence electrons. The van der Waals surface area contributed by atoms with Gasteiger partial charge in [-0.25, -0.2) is 4.39 Å². The second kappa shape index (κ2) is 7.64. The molecule has 1 heterocycles. The van der Waals surface area contributed by atoms with Crippen molar-refractivity contribution in [2.45, 2.75) is 25.5 Å². The Bertz CT molecular complexity index is 692. The van der Waals surface area contributed by atoms with E-state index in [9.17, 15) is 9.50 Å². The molecule has 0 bridgehead atoms. The first-order valence-corrected chi connectivity index (χ1v) is 8.20. The molecule has 1 aliphatic heterocycles. The summed E-state index contributed by atoms with van der Waals surface area (Å²) in [5.74, 6) is 1.11. The summed E-state index contributed by atoms with van der Waals surface area (Å²) in [6.07, 6.45) is -0.0267. The minimum atomic E-state index is -0.894. The summed E-state index contributed by atoms with van der Waals surface area (Å²) in [7, 11) is 0. The van der Waals surface area contributed by atoms with Crippen LogP contribution in [0.3, 0.4) is 0 Å². The summed E-state index contributed by atoms with van der Waals surface area (Å²) in [4.78, 5) is 0. The van der Waals surface area contributed by atoms with Crippen molar-refractivity contribution in [3.05, 3.63) is 59.4 Å². The van der Waals surface area contributed by atoms with Crippen molar-refractivity contribution in [1.29, 1.82) is 0 Å². The van der Waals surface area contributed by atoms with Crippen LogP contribution in [0.5, 0.6) is 11.5 Å². The third-order valence-corrected chi connectivity index (χ3v) is 4.15. The molecular weight excluding hydrogens is 309 g/mol. The van der Waals surface area contributed by atoms with Crippen LogP contribution in [-0.4, -0.2) is 24.9 Å². The Hall–Kier alpha value is -2.11. The van der Waals surface area contributed by atoms with Gasteiger partial charge in [0, 0.05) is 24.6 Å². The van der Waals surface area contributed by atoms with Crippen LogP contribution in [0.25, 0.3) is 0 Å². The largest absolute Gasteiger partial charge is 0.490 e. The van der Waals surface area contributed by atoms with Crippen molar-refractivity contribution in [3.8, 4) is 11.5 Å². The third-order valence-electron chi connectivity index (χ3n) is 4.15. The lowest BCUT2D eigenvalue weighted by Gasteiger charge is -2.19. The van der Waals surface area contributed by atoms with E-state index in [4.69, 9.17) is 9.47 Å². The summed E-state index contributed by atoms with van der Waals surface area (Å²) >= 11 is 0. The molecule has 0 aromatic heterocycles. The first kappa shape index (κ1) is 16.7. The molecule has 4 nitrogen and oxygen atoms in total. The molecule has 0 aliphatic carbocycles. The lowest BCUT2D eigenvalue weighted by Crippen LogP contribution is -2.25. The molecule has 3 rings (SSSR count). The first-order valence-electron chi connectivity index (χ1n) is 8.20. The number of rotatable bonds is 5. The Kier molecular flexibility index (Phi) is 5.33. The van der Waals surface area contributed by atoms with E-state index in [-0.39, 0.29) is 12.6 Å². The highest BCUT2D eigenvalue weighted by Gasteiger charge is 2.16. The number of aliphatic hydroxyl groups excluding tert-OH is 1. The van der Waals surface area contributed by atoms with Gasteiger partial charge in [-0.3, -0.25) is 0 Å². The van der Waals surface area contributed by atoms with Crippen LogP contribution in [0.1, 0.15) is 36.6 Å². The molecule has 2 aromatic carbocycles. The summed E-state index contributed by atoms with van der Waals surface area (Å²) in [6, 6.07) is 12.1. The lowest BCUT2D eigenvalue weighted by atomic mass is 10.1. The topological polar surface area (TPSA) is 50.7 Å². The number of aliphatic hydroxyl groups is 1. The van der Waals surface area contributed by atoms with Gasteiger partial charge in [0.1, 0.15) is 5.82 Å². The highest BCUT2D eigenvalue weighted by molar-refractivity contribution is 5.44. The van der Waals surface area contributed by atoms with E-state index in [1.807, 2.05) is 25.1 Å². The van der Waals surface area contributed by atoms with Gasteiger partial charge < -0.3 is 19.9 Å². The van der Waals surface area contributed by atoms with E-state index in [0.717, 1.165) is 23.5 Å². The molecule has 2 atom stereocenters. The SMILES string of the molecule is CC(NCC(O)c1ccccc1F)c1ccc2c(c1)OCCCO2. The van der Waals surface area contributed by atoms with Crippen LogP contribution in [0.15, 0.2) is 42.5 Å². The molecule has 2 N–H and O–H groups in total. The number of nitrogens with one attached hydrogen (secondary N) is 1. The summed E-state index contributed by atoms with van der Waals surface area (Å²) in [5, 5.41) is 13.4. The number of ether oxygens (including phenoxy) is 2. The molecule has 0 fully saturated rings. The number of hydrogen-bond donors (Lipinski definition) is 2. The molecule has 1 aliphatic rings. The van der Waals surface area contributed by atoms with Gasteiger partial charge in [0.15, 0.2) is 11.5 Å². The van der Waals surface area contributed by atoms with Gasteiger partial charge in [0.25, 0.3) is 0 Å². The summed E-state index contributed by atoms with van der Waals surface area (Å²) in [6.45, 7) is 3.56. The van der Waals surface area contributed by atoms with Gasteiger partial charge >= 0.3 is 0 Å². The van der Waals surface area contributed by atoms with Crippen molar-refractivity contribution in [1.82, 2.24) is 5.32 Å². The Labute approximate surface area is 141 Å². The molecule has 0 saturated heterocycles. The zero-order valence-electron chi connectivity index (χ0n) is 13.7. The predicted molar refractivity (Wildman–Crippen MR) is 89.8 cm³/mol. The monoisotopic (exact) mass is 331 g/mol. The first-order chi connectivity index (χ1) is 11.6. The molecular formula is C19H22FNO3. The Morgan fingerprint density at radius 2 is 1.88 bits per heavy atom. The van der Waals surface area contributed by atoms with Crippen molar-refractivity contribution >= 4 is 0 Å². The molecule has 0 spiro atoms. The quantitative estimate of drug-likeness (QED) is 0.882. The van der Waals surface area contributed by atoms with Crippen molar-refractivity contribution in [3.63, 3.8) is 0 Å². The minimum Gasteiger partial charge on any atom is -0.490 e. The summed E-state index contributed by atoms with van der Waals surface area (Å²) < 4.78 is 25.0. The van der Waals surface area contributed by atoms with Crippen molar-refractivity contribution in [2.75, 3.05) is 19.8 Å². The predicted octanol–water partition coefficient (Wildman–Crippen LogP) is 3.37. The molecule has 2 aromatic rings. The van der Waals surface area contributed by atoms with Crippen molar-refractivity contribution < 1.29 is 19.0 Å². The van der Waals surface area contributed by atoms with Gasteiger partial charge in [0.2, 0.25) is 0 Å². The van der Waals surface area contributed by atoms with E-state index in [1.54, 1.807) is 18.2 Å². The van der Waals surface area contributed by atoms with E-state index >= 15 is 0 Å². The van der Waals surface area contributed by atoms with Crippen LogP contribution < -0.4 is 14.8 Å². The maximum atomic E-state index is 13.7. The fraction of sp³-hybridized carbons (Fsp3) is 0.368. The van der Waals surface area contributed by atoms with E-state index in [2.05, 4.69) is 5.32 Å². The highest BCUT2D eigenvalue weighted by Crippen LogP contribution is 2.32. The average Bonchev–Trinajstić information content (AvgIpc) is 2.84. The maximum absolute atomic E-state index is 13.7. The van der Waals surface area contributed by atoms with E-state index in [0.29, 0.717) is 18.8 Å². The Balaban J connectivity index is 1.64. The number of fused-ring (bicyclic) bond motifs is 1. The van der Waals surface area contributed by atoms with E-state index in [1.165, 1.54) is 6.07 Å². The molecule has 0 amide bonds. The zero-order valence-corrected chi connectivity index (χ0v) is 13.7. The van der Waals surface area contributed by atoms with E-state index < -0.39 is 11.9 Å². The lowest BCUT2D eigenvalue weighted by molar-refractivity contribution is 0.166. The smallest absolute Gasteiger partial charge is 0.161 e. The number of benzene rings is 2. The maximum Gasteiger partial charge on any atom is 0.161 e. The van der Waals surface area contributed by atoms with Crippen LogP contribution in [0.2, 0.25) is 0 Å². The fourth-order valence-electron chi connectivity index (χ4n) is 2.71. The molecule has 0 saturated carbocycles. The van der Waals surface area contributed by atoms with Gasteiger partial charge in [-0.05, 0) is 30.7 Å². The van der Waals surface area contributed by atoms with Crippen LogP contribution in [0.4, 0.5) is 4.39 Å². The van der Waals surface area contributed by atoms with Crippen LogP contribution in [-0.2, 0) is 0 Å². The molecule has 5 heteroatoms. The molecule has 24 heavy (non-hydrogen) atoms. The fourth-order valence-corrected chi connectivity index (χ4v) is 2.71. The van der Waals surface area contributed by atoms with Crippen LogP contribution >= 0.6 is 0 Å². The second-order valence-electron chi connectivity index (χ2n) is 5.92. The Morgan fingerprint density at radius 3 is 2.67 bits per heavy atom. The third kappa shape index (κ3) is 3.86. The van der Waals surface area contributed by atoms with Crippen LogP contribution in [0, 0.1) is 5.82 Å². The van der Waals surface area contributed by atoms with Crippen molar-refractivity contribution in [2.24, 2.45) is 0 Å². The van der Waals surface area contributed by atoms with Gasteiger partial charge in [-0.1, -0.05) is 24.3 Å². The zero-order chi connectivity index (χ0) is 16.9. The van der Waals surface area contributed by atoms with Gasteiger partial charge in [-0.15, -0.1) is 0 Å². The average molecular weight is 331 g/mol. The molecule has 0 radical (unpaired) electrons. The van der Waals surface area contributed by atoms with Gasteiger partial charge in [-0.2, -0.15) is 0 Å². The second-order valence-corrected chi connectivity index (χ2v) is 5.92. The van der Waals surface area contributed by atoms with Gasteiger partial charge in [0.05, 0.1) is 19.3 Å². The number of hydrogen-bond acceptors (Lipinski definition) is 4. The standard InChI is InChI=1S/C19H22FNO3/c1-13(21-12-17(22)15-5-2-3-6-16(15)20)14-7-8-18-19(11-14)24-10-4-9-23-18/h2-3,5-8,11,13,17,21-22H,4,9-10,12H2,1H3.